The van der Waals surface area contributed by atoms with Gasteiger partial charge in [-0.1, -0.05) is 133 Å². The number of rotatable bonds is 2. The van der Waals surface area contributed by atoms with Crippen LogP contribution in [0.5, 0.6) is 0 Å². The minimum atomic E-state index is 0.652. The van der Waals surface area contributed by atoms with Crippen molar-refractivity contribution in [3.63, 3.8) is 0 Å². The molecule has 5 nitrogen and oxygen atoms in total. The second-order valence-corrected chi connectivity index (χ2v) is 16.4. The van der Waals surface area contributed by atoms with Crippen LogP contribution in [0.25, 0.3) is 125 Å². The topological polar surface area (TPSA) is 40.6 Å². The van der Waals surface area contributed by atoms with Crippen LogP contribution in [0, 0.1) is 0 Å². The highest BCUT2D eigenvalue weighted by molar-refractivity contribution is 7.26. The molecule has 0 amide bonds. The van der Waals surface area contributed by atoms with E-state index in [-0.39, 0.29) is 0 Å². The highest BCUT2D eigenvalue weighted by Crippen LogP contribution is 2.52. The molecular weight excluding hydrogens is 727 g/mol. The van der Waals surface area contributed by atoms with Gasteiger partial charge in [0.25, 0.3) is 0 Å². The molecular formula is C52H29N5S. The highest BCUT2D eigenvalue weighted by atomic mass is 32.1. The minimum Gasteiger partial charge on any atom is -0.308 e. The van der Waals surface area contributed by atoms with Crippen LogP contribution < -0.4 is 0 Å². The van der Waals surface area contributed by atoms with Crippen molar-refractivity contribution in [2.45, 2.75) is 0 Å². The van der Waals surface area contributed by atoms with E-state index >= 15 is 0 Å². The molecule has 1 aliphatic heterocycles. The molecule has 0 saturated heterocycles. The monoisotopic (exact) mass is 755 g/mol. The first kappa shape index (κ1) is 30.7. The number of nitrogens with zero attached hydrogens (tertiary/aromatic N) is 5. The molecule has 1 aliphatic rings. The van der Waals surface area contributed by atoms with Crippen molar-refractivity contribution in [1.82, 2.24) is 23.7 Å². The van der Waals surface area contributed by atoms with Crippen LogP contribution in [0.2, 0.25) is 0 Å². The summed E-state index contributed by atoms with van der Waals surface area (Å²) in [6, 6.07) is 63.9. The van der Waals surface area contributed by atoms with E-state index in [1.54, 1.807) is 11.3 Å². The molecule has 0 aliphatic carbocycles. The quantitative estimate of drug-likeness (QED) is 0.176. The summed E-state index contributed by atoms with van der Waals surface area (Å²) >= 11 is 1.77. The normalized spacial score (nSPS) is 12.5. The molecule has 58 heavy (non-hydrogen) atoms. The zero-order chi connectivity index (χ0) is 37.6. The van der Waals surface area contributed by atoms with Crippen molar-refractivity contribution in [1.29, 1.82) is 0 Å². The van der Waals surface area contributed by atoms with Crippen molar-refractivity contribution >= 4 is 97.1 Å². The van der Waals surface area contributed by atoms with Gasteiger partial charge < -0.3 is 4.57 Å². The summed E-state index contributed by atoms with van der Waals surface area (Å²) in [4.78, 5) is 11.3. The summed E-state index contributed by atoms with van der Waals surface area (Å²) in [5.41, 5.74) is 13.9. The first-order chi connectivity index (χ1) is 28.8. The zero-order valence-electron chi connectivity index (χ0n) is 30.9. The van der Waals surface area contributed by atoms with Gasteiger partial charge in [-0.2, -0.15) is 4.98 Å². The Bertz CT molecular complexity index is 3880. The highest BCUT2D eigenvalue weighted by Gasteiger charge is 2.30. The van der Waals surface area contributed by atoms with Gasteiger partial charge in [-0.15, -0.1) is 11.3 Å². The molecule has 0 radical (unpaired) electrons. The van der Waals surface area contributed by atoms with Crippen LogP contribution in [0.3, 0.4) is 0 Å². The van der Waals surface area contributed by atoms with E-state index in [1.165, 1.54) is 76.0 Å². The number of fused-ring (bicyclic) bond motifs is 18. The summed E-state index contributed by atoms with van der Waals surface area (Å²) in [6.07, 6.45) is 0. The van der Waals surface area contributed by atoms with E-state index < -0.39 is 0 Å². The molecule has 268 valence electrons. The summed E-state index contributed by atoms with van der Waals surface area (Å²) in [5, 5.41) is 8.35. The molecule has 0 unspecified atom stereocenters. The van der Waals surface area contributed by atoms with E-state index in [1.807, 2.05) is 0 Å². The van der Waals surface area contributed by atoms with Crippen LogP contribution in [0.1, 0.15) is 0 Å². The second-order valence-electron chi connectivity index (χ2n) is 15.3. The Morgan fingerprint density at radius 1 is 0.397 bits per heavy atom. The summed E-state index contributed by atoms with van der Waals surface area (Å²) in [7, 11) is 0. The molecule has 13 aromatic rings. The lowest BCUT2D eigenvalue weighted by atomic mass is 9.91. The molecule has 0 saturated carbocycles. The Morgan fingerprint density at radius 2 is 0.931 bits per heavy atom. The number of thiophene rings is 1. The lowest BCUT2D eigenvalue weighted by Gasteiger charge is -2.13. The fraction of sp³-hybridized carbons (Fsp3) is 0. The van der Waals surface area contributed by atoms with Crippen LogP contribution in [0.15, 0.2) is 176 Å². The second kappa shape index (κ2) is 11.1. The lowest BCUT2D eigenvalue weighted by Crippen LogP contribution is -2.06. The minimum absolute atomic E-state index is 0.652. The molecule has 5 aromatic heterocycles. The van der Waals surface area contributed by atoms with Crippen molar-refractivity contribution in [2.75, 3.05) is 0 Å². The Morgan fingerprint density at radius 3 is 1.66 bits per heavy atom. The third-order valence-corrected chi connectivity index (χ3v) is 13.6. The number of hydrogen-bond donors (Lipinski definition) is 0. The maximum Gasteiger partial charge on any atom is 0.237 e. The van der Waals surface area contributed by atoms with Crippen molar-refractivity contribution < 1.29 is 0 Å². The third-order valence-electron chi connectivity index (χ3n) is 12.4. The summed E-state index contributed by atoms with van der Waals surface area (Å²) in [6.45, 7) is 0. The van der Waals surface area contributed by atoms with Gasteiger partial charge in [-0.25, -0.2) is 4.98 Å². The van der Waals surface area contributed by atoms with Crippen LogP contribution in [-0.4, -0.2) is 23.7 Å². The summed E-state index contributed by atoms with van der Waals surface area (Å²) < 4.78 is 9.45. The van der Waals surface area contributed by atoms with Crippen LogP contribution >= 0.6 is 11.3 Å². The first-order valence-electron chi connectivity index (χ1n) is 19.7. The third kappa shape index (κ3) is 3.80. The molecule has 0 spiro atoms. The number of aromatic nitrogens is 5. The zero-order valence-corrected chi connectivity index (χ0v) is 31.7. The SMILES string of the molecule is c1ccc2c(c1)-c1ccccc1-n1c3ccccc3c3cc4c(c-2c31)c1ccccc1n4-c1nc(-n2c3ccccc3c3ccccc32)c2sc3ccccc3c2n1. The fourth-order valence-corrected chi connectivity index (χ4v) is 11.2. The Balaban J connectivity index is 1.20. The number of para-hydroxylation sites is 5. The van der Waals surface area contributed by atoms with Gasteiger partial charge in [0.2, 0.25) is 5.95 Å². The number of hydrogen-bond acceptors (Lipinski definition) is 3. The van der Waals surface area contributed by atoms with E-state index in [0.29, 0.717) is 5.95 Å². The first-order valence-corrected chi connectivity index (χ1v) is 20.5. The van der Waals surface area contributed by atoms with Crippen molar-refractivity contribution in [3.8, 4) is 39.7 Å². The smallest absolute Gasteiger partial charge is 0.237 e. The predicted octanol–water partition coefficient (Wildman–Crippen LogP) is 13.8. The van der Waals surface area contributed by atoms with Crippen LogP contribution in [0.4, 0.5) is 0 Å². The maximum atomic E-state index is 5.71. The molecule has 0 atom stereocenters. The van der Waals surface area contributed by atoms with E-state index in [4.69, 9.17) is 9.97 Å². The molecule has 14 rings (SSSR count). The largest absolute Gasteiger partial charge is 0.308 e. The standard InChI is InChI=1S/C52H29N5S/c1-2-20-35-30(15-1)31-16-3-9-23-39(31)55-40-24-10-6-19-34(40)38-29-44-46(47(35)49(38)55)36-21-7-13-27-43(36)57(44)52-53-48-37-22-8-14-28-45(37)58-50(48)51(54-52)56-41-25-11-4-17-32(41)33-18-5-12-26-42(33)56/h1-29H. The van der Waals surface area contributed by atoms with E-state index in [9.17, 15) is 0 Å². The average molecular weight is 756 g/mol. The van der Waals surface area contributed by atoms with Gasteiger partial charge in [0, 0.05) is 53.5 Å². The Hall–Kier alpha value is -7.54. The van der Waals surface area contributed by atoms with Gasteiger partial charge in [0.05, 0.1) is 49.0 Å². The lowest BCUT2D eigenvalue weighted by molar-refractivity contribution is 0.977. The van der Waals surface area contributed by atoms with E-state index in [0.717, 1.165) is 43.5 Å². The molecule has 8 aromatic carbocycles. The van der Waals surface area contributed by atoms with Crippen LogP contribution in [-0.2, 0) is 0 Å². The van der Waals surface area contributed by atoms with Gasteiger partial charge in [0.15, 0.2) is 5.82 Å². The van der Waals surface area contributed by atoms with Gasteiger partial charge >= 0.3 is 0 Å². The van der Waals surface area contributed by atoms with Gasteiger partial charge in [-0.3, -0.25) is 9.13 Å². The van der Waals surface area contributed by atoms with Gasteiger partial charge in [0.1, 0.15) is 0 Å². The maximum absolute atomic E-state index is 5.71. The molecule has 0 N–H and O–H groups in total. The molecule has 0 fully saturated rings. The Kier molecular flexibility index (Phi) is 5.85. The Labute approximate surface area is 334 Å². The van der Waals surface area contributed by atoms with Gasteiger partial charge in [-0.05, 0) is 53.6 Å². The van der Waals surface area contributed by atoms with E-state index in [2.05, 4.69) is 190 Å². The fourth-order valence-electron chi connectivity index (χ4n) is 10.1. The van der Waals surface area contributed by atoms with Crippen molar-refractivity contribution in [3.05, 3.63) is 176 Å². The predicted molar refractivity (Wildman–Crippen MR) is 242 cm³/mol. The average Bonchev–Trinajstić information content (AvgIpc) is 4.00. The summed E-state index contributed by atoms with van der Waals surface area (Å²) in [5.74, 6) is 1.54. The molecule has 6 heteroatoms. The number of benzene rings is 8. The molecule has 6 heterocycles. The van der Waals surface area contributed by atoms with Crippen molar-refractivity contribution in [2.24, 2.45) is 0 Å². The molecule has 0 bridgehead atoms.